The van der Waals surface area contributed by atoms with E-state index in [9.17, 15) is 4.79 Å². The Balaban J connectivity index is 2.38. The van der Waals surface area contributed by atoms with Gasteiger partial charge < -0.3 is 18.9 Å². The minimum Gasteiger partial charge on any atom is -0.493 e. The maximum Gasteiger partial charge on any atom is 0.338 e. The van der Waals surface area contributed by atoms with E-state index < -0.39 is 0 Å². The van der Waals surface area contributed by atoms with Gasteiger partial charge in [0.05, 0.1) is 31.5 Å². The molecular formula is C49H78O5. The predicted octanol–water partition coefficient (Wildman–Crippen LogP) is 14.5. The number of aryl methyl sites for hydroxylation is 1. The van der Waals surface area contributed by atoms with Crippen molar-refractivity contribution in [1.82, 2.24) is 0 Å². The van der Waals surface area contributed by atoms with Gasteiger partial charge >= 0.3 is 5.97 Å². The molecule has 0 aliphatic rings. The van der Waals surface area contributed by atoms with E-state index in [0.29, 0.717) is 36.7 Å². The van der Waals surface area contributed by atoms with Gasteiger partial charge in [-0.05, 0) is 76.8 Å². The molecule has 2 rings (SSSR count). The highest BCUT2D eigenvalue weighted by molar-refractivity contribution is 6.22. The zero-order valence-electron chi connectivity index (χ0n) is 35.7. The summed E-state index contributed by atoms with van der Waals surface area (Å²) < 4.78 is 25.1. The van der Waals surface area contributed by atoms with Crippen LogP contribution in [-0.4, -0.2) is 38.5 Å². The Morgan fingerprint density at radius 1 is 0.611 bits per heavy atom. The Morgan fingerprint density at radius 2 is 1.06 bits per heavy atom. The van der Waals surface area contributed by atoms with E-state index in [1.165, 1.54) is 108 Å². The number of rotatable bonds is 32. The fraction of sp³-hybridized carbons (Fsp3) is 0.653. The summed E-state index contributed by atoms with van der Waals surface area (Å²) in [6, 6.07) is 12.3. The number of hydrogen-bond donors (Lipinski definition) is 0. The summed E-state index contributed by atoms with van der Waals surface area (Å²) in [5.41, 5.74) is 5.26. The Labute approximate surface area is 331 Å². The van der Waals surface area contributed by atoms with Gasteiger partial charge in [-0.2, -0.15) is 0 Å². The van der Waals surface area contributed by atoms with Crippen molar-refractivity contribution in [2.24, 2.45) is 0 Å². The van der Waals surface area contributed by atoms with Crippen molar-refractivity contribution in [3.8, 4) is 11.5 Å². The van der Waals surface area contributed by atoms with Crippen LogP contribution in [0.3, 0.4) is 0 Å². The maximum absolute atomic E-state index is 13.7. The molecule has 0 radical (unpaired) electrons. The molecule has 5 nitrogen and oxygen atoms in total. The number of esters is 1. The third-order valence-electron chi connectivity index (χ3n) is 10.2. The summed E-state index contributed by atoms with van der Waals surface area (Å²) in [7, 11) is 0. The van der Waals surface area contributed by atoms with Crippen LogP contribution >= 0.6 is 0 Å². The van der Waals surface area contributed by atoms with Crippen LogP contribution in [0.5, 0.6) is 11.5 Å². The summed E-state index contributed by atoms with van der Waals surface area (Å²) in [5, 5.41) is 0. The summed E-state index contributed by atoms with van der Waals surface area (Å²) in [6.07, 6.45) is 29.2. The molecule has 1 atom stereocenters. The number of ether oxygens (including phenoxy) is 4. The van der Waals surface area contributed by atoms with Crippen LogP contribution in [0.4, 0.5) is 0 Å². The monoisotopic (exact) mass is 747 g/mol. The number of carbonyl (C=O) groups is 1. The first-order valence-electron chi connectivity index (χ1n) is 22.1. The van der Waals surface area contributed by atoms with E-state index in [-0.39, 0.29) is 18.7 Å². The minimum absolute atomic E-state index is 0.132. The van der Waals surface area contributed by atoms with Crippen LogP contribution in [0, 0.1) is 6.92 Å². The van der Waals surface area contributed by atoms with Crippen molar-refractivity contribution in [2.75, 3.05) is 26.4 Å². The molecule has 2 aromatic carbocycles. The predicted molar refractivity (Wildman–Crippen MR) is 232 cm³/mol. The van der Waals surface area contributed by atoms with Gasteiger partial charge in [-0.3, -0.25) is 0 Å². The zero-order chi connectivity index (χ0) is 39.2. The number of carbonyl (C=O) groups excluding carboxylic acids is 1. The lowest BCUT2D eigenvalue weighted by Gasteiger charge is -2.23. The first-order chi connectivity index (χ1) is 26.4. The lowest BCUT2D eigenvalue weighted by molar-refractivity contribution is -0.136. The highest BCUT2D eigenvalue weighted by Gasteiger charge is 2.24. The summed E-state index contributed by atoms with van der Waals surface area (Å²) >= 11 is 0. The average Bonchev–Trinajstić information content (AvgIpc) is 3.16. The Hall–Kier alpha value is -3.05. The third kappa shape index (κ3) is 19.0. The molecule has 0 fully saturated rings. The van der Waals surface area contributed by atoms with Crippen LogP contribution in [0.2, 0.25) is 0 Å². The summed E-state index contributed by atoms with van der Waals surface area (Å²) in [5.74, 6) is 1.04. The van der Waals surface area contributed by atoms with Gasteiger partial charge in [-0.1, -0.05) is 165 Å². The smallest absolute Gasteiger partial charge is 0.338 e. The van der Waals surface area contributed by atoms with Gasteiger partial charge in [0, 0.05) is 17.7 Å². The molecule has 0 aliphatic carbocycles. The molecule has 0 spiro atoms. The van der Waals surface area contributed by atoms with Gasteiger partial charge in [0.2, 0.25) is 0 Å². The highest BCUT2D eigenvalue weighted by atomic mass is 16.5. The Bertz CT molecular complexity index is 1320. The van der Waals surface area contributed by atoms with Gasteiger partial charge in [-0.15, -0.1) is 0 Å². The quantitative estimate of drug-likeness (QED) is 0.0323. The van der Waals surface area contributed by atoms with Crippen molar-refractivity contribution in [3.63, 3.8) is 0 Å². The molecule has 0 heterocycles. The van der Waals surface area contributed by atoms with Crippen molar-refractivity contribution in [3.05, 3.63) is 64.7 Å². The van der Waals surface area contributed by atoms with Gasteiger partial charge in [0.25, 0.3) is 0 Å². The molecule has 0 amide bonds. The SMILES string of the molecule is C/C=C(/c1cc(OCCCCCCCCCCCC)c(/C(=C/c2ccc(C)cc2)C(=O)OCC)cc1OCCCCCCCCCCCC)C(C)OCC. The minimum atomic E-state index is -0.371. The fourth-order valence-electron chi connectivity index (χ4n) is 7.01. The molecule has 304 valence electrons. The van der Waals surface area contributed by atoms with Crippen LogP contribution in [-0.2, 0) is 14.3 Å². The molecule has 2 aromatic rings. The van der Waals surface area contributed by atoms with Crippen molar-refractivity contribution >= 4 is 23.2 Å². The van der Waals surface area contributed by atoms with E-state index in [1.54, 1.807) is 0 Å². The molecule has 54 heavy (non-hydrogen) atoms. The van der Waals surface area contributed by atoms with E-state index >= 15 is 0 Å². The molecule has 0 aliphatic heterocycles. The first kappa shape index (κ1) is 47.1. The fourth-order valence-corrected chi connectivity index (χ4v) is 7.01. The highest BCUT2D eigenvalue weighted by Crippen LogP contribution is 2.40. The second-order valence-electron chi connectivity index (χ2n) is 14.9. The molecule has 0 bridgehead atoms. The van der Waals surface area contributed by atoms with Gasteiger partial charge in [0.15, 0.2) is 0 Å². The summed E-state index contributed by atoms with van der Waals surface area (Å²) in [4.78, 5) is 13.7. The van der Waals surface area contributed by atoms with E-state index in [1.807, 2.05) is 38.1 Å². The Morgan fingerprint density at radius 3 is 1.50 bits per heavy atom. The average molecular weight is 747 g/mol. The molecule has 0 N–H and O–H groups in total. The van der Waals surface area contributed by atoms with E-state index in [2.05, 4.69) is 58.9 Å². The third-order valence-corrected chi connectivity index (χ3v) is 10.2. The molecule has 0 saturated carbocycles. The van der Waals surface area contributed by atoms with E-state index in [0.717, 1.165) is 48.1 Å². The molecule has 0 saturated heterocycles. The number of unbranched alkanes of at least 4 members (excludes halogenated alkanes) is 18. The van der Waals surface area contributed by atoms with Crippen LogP contribution in [0.25, 0.3) is 17.2 Å². The van der Waals surface area contributed by atoms with Crippen LogP contribution in [0.1, 0.15) is 192 Å². The van der Waals surface area contributed by atoms with Crippen LogP contribution < -0.4 is 9.47 Å². The molecule has 1 unspecified atom stereocenters. The van der Waals surface area contributed by atoms with E-state index in [4.69, 9.17) is 18.9 Å². The number of allylic oxidation sites excluding steroid dienone is 1. The number of benzene rings is 2. The lowest BCUT2D eigenvalue weighted by Crippen LogP contribution is -2.14. The molecule has 5 heteroatoms. The largest absolute Gasteiger partial charge is 0.493 e. The van der Waals surface area contributed by atoms with Crippen molar-refractivity contribution < 1.29 is 23.7 Å². The lowest BCUT2D eigenvalue weighted by atomic mass is 9.94. The first-order valence-corrected chi connectivity index (χ1v) is 22.1. The second-order valence-corrected chi connectivity index (χ2v) is 14.9. The normalized spacial score (nSPS) is 12.6. The van der Waals surface area contributed by atoms with Gasteiger partial charge in [-0.25, -0.2) is 4.79 Å². The second kappa shape index (κ2) is 30.2. The Kier molecular flexibility index (Phi) is 26.3. The summed E-state index contributed by atoms with van der Waals surface area (Å²) in [6.45, 7) is 16.7. The number of hydrogen-bond acceptors (Lipinski definition) is 5. The van der Waals surface area contributed by atoms with Crippen molar-refractivity contribution in [1.29, 1.82) is 0 Å². The van der Waals surface area contributed by atoms with Gasteiger partial charge in [0.1, 0.15) is 11.5 Å². The molecular weight excluding hydrogens is 669 g/mol. The van der Waals surface area contributed by atoms with Crippen LogP contribution in [0.15, 0.2) is 42.5 Å². The molecule has 0 aromatic heterocycles. The van der Waals surface area contributed by atoms with Crippen molar-refractivity contribution in [2.45, 2.75) is 183 Å². The topological polar surface area (TPSA) is 54.0 Å². The standard InChI is InChI=1S/C49H78O5/c1-8-13-15-17-19-21-23-25-27-29-35-53-47-39-45(46(49(50)52-12-5)37-42-33-31-40(6)32-34-42)48(38-44(47)43(10-3)41(7)51-11-4)54-36-30-28-26-24-22-20-18-16-14-9-2/h10,31-34,37-39,41H,8-9,11-30,35-36H2,1-7H3/b43-10+,46-37-. The zero-order valence-corrected chi connectivity index (χ0v) is 35.7. The maximum atomic E-state index is 13.7.